The zero-order chi connectivity index (χ0) is 18.1. The topological polar surface area (TPSA) is 43.0 Å². The second-order valence-corrected chi connectivity index (χ2v) is 7.69. The Labute approximate surface area is 162 Å². The quantitative estimate of drug-likeness (QED) is 0.597. The van der Waals surface area contributed by atoms with Gasteiger partial charge in [-0.15, -0.1) is 0 Å². The van der Waals surface area contributed by atoms with Gasteiger partial charge in [-0.05, 0) is 50.6 Å². The lowest BCUT2D eigenvalue weighted by Crippen LogP contribution is -2.25. The smallest absolute Gasteiger partial charge is 0.117 e. The number of benzene rings is 1. The maximum absolute atomic E-state index is 5.40. The van der Waals surface area contributed by atoms with Gasteiger partial charge in [0.25, 0.3) is 0 Å². The summed E-state index contributed by atoms with van der Waals surface area (Å²) in [6.45, 7) is 5.02. The van der Waals surface area contributed by atoms with E-state index in [1.165, 1.54) is 11.3 Å². The van der Waals surface area contributed by atoms with E-state index in [1.54, 1.807) is 6.26 Å². The summed E-state index contributed by atoms with van der Waals surface area (Å²) in [4.78, 5) is 0. The predicted molar refractivity (Wildman–Crippen MR) is 107 cm³/mol. The molecule has 0 unspecified atom stereocenters. The van der Waals surface area contributed by atoms with Gasteiger partial charge < -0.3 is 9.73 Å². The number of hydrogen-bond acceptors (Lipinski definition) is 3. The molecule has 2 heterocycles. The van der Waals surface area contributed by atoms with Crippen molar-refractivity contribution in [3.05, 3.63) is 82.0 Å². The Morgan fingerprint density at radius 1 is 1.23 bits per heavy atom. The van der Waals surface area contributed by atoms with Gasteiger partial charge in [-0.3, -0.25) is 0 Å². The molecular formula is C21H22BrN3O. The first-order valence-corrected chi connectivity index (χ1v) is 9.67. The van der Waals surface area contributed by atoms with Crippen LogP contribution in [0.2, 0.25) is 0 Å². The number of hydrogen-bond donors (Lipinski definition) is 1. The first-order valence-electron chi connectivity index (χ1n) is 8.88. The monoisotopic (exact) mass is 411 g/mol. The van der Waals surface area contributed by atoms with Crippen molar-refractivity contribution in [3.63, 3.8) is 0 Å². The molecule has 134 valence electrons. The van der Waals surface area contributed by atoms with E-state index in [1.807, 2.05) is 28.9 Å². The Morgan fingerprint density at radius 2 is 2.12 bits per heavy atom. The highest BCUT2D eigenvalue weighted by Crippen LogP contribution is 2.34. The molecule has 1 aliphatic carbocycles. The fourth-order valence-electron chi connectivity index (χ4n) is 3.76. The third kappa shape index (κ3) is 3.41. The summed E-state index contributed by atoms with van der Waals surface area (Å²) >= 11 is 3.55. The van der Waals surface area contributed by atoms with Gasteiger partial charge in [0.15, 0.2) is 0 Å². The second-order valence-electron chi connectivity index (χ2n) is 6.77. The molecule has 1 aromatic carbocycles. The van der Waals surface area contributed by atoms with Crippen molar-refractivity contribution in [2.45, 2.75) is 38.8 Å². The van der Waals surface area contributed by atoms with Gasteiger partial charge in [-0.25, -0.2) is 4.68 Å². The van der Waals surface area contributed by atoms with Gasteiger partial charge in [-0.2, -0.15) is 5.10 Å². The van der Waals surface area contributed by atoms with E-state index in [0.717, 1.165) is 34.6 Å². The molecule has 0 spiro atoms. The van der Waals surface area contributed by atoms with Crippen molar-refractivity contribution in [1.29, 1.82) is 0 Å². The minimum atomic E-state index is 0.359. The number of furan rings is 1. The molecule has 1 aliphatic rings. The lowest BCUT2D eigenvalue weighted by Gasteiger charge is -2.14. The zero-order valence-corrected chi connectivity index (χ0v) is 16.5. The molecule has 0 fully saturated rings. The SMILES string of the molecule is Cc1nn(-c2cccc(Br)c2)c(C)c1[C@@H]1C=C[C@@H](NCc2ccco2)C1. The van der Waals surface area contributed by atoms with Crippen LogP contribution in [0.25, 0.3) is 5.69 Å². The van der Waals surface area contributed by atoms with Crippen LogP contribution in [0.15, 0.2) is 63.7 Å². The molecule has 2 aromatic heterocycles. The van der Waals surface area contributed by atoms with Gasteiger partial charge >= 0.3 is 0 Å². The number of halogens is 1. The van der Waals surface area contributed by atoms with Crippen molar-refractivity contribution in [3.8, 4) is 5.69 Å². The highest BCUT2D eigenvalue weighted by atomic mass is 79.9. The number of nitrogens with one attached hydrogen (secondary N) is 1. The Balaban J connectivity index is 1.51. The second kappa shape index (κ2) is 7.25. The lowest BCUT2D eigenvalue weighted by atomic mass is 9.96. The maximum atomic E-state index is 5.40. The van der Waals surface area contributed by atoms with E-state index in [4.69, 9.17) is 9.52 Å². The standard InChI is InChI=1S/C21H22BrN3O/c1-14-21(15(2)25(24-14)19-6-3-5-17(22)12-19)16-8-9-18(11-16)23-13-20-7-4-10-26-20/h3-10,12,16,18,23H,11,13H2,1-2H3/t16-,18-/m1/s1. The van der Waals surface area contributed by atoms with Gasteiger partial charge in [0.1, 0.15) is 5.76 Å². The van der Waals surface area contributed by atoms with Gasteiger partial charge in [0, 0.05) is 27.7 Å². The first-order chi connectivity index (χ1) is 12.6. The van der Waals surface area contributed by atoms with Crippen LogP contribution in [0, 0.1) is 13.8 Å². The largest absolute Gasteiger partial charge is 0.468 e. The molecule has 0 amide bonds. The van der Waals surface area contributed by atoms with Crippen LogP contribution in [0.5, 0.6) is 0 Å². The molecule has 26 heavy (non-hydrogen) atoms. The maximum Gasteiger partial charge on any atom is 0.117 e. The van der Waals surface area contributed by atoms with Crippen LogP contribution in [-0.4, -0.2) is 15.8 Å². The summed E-state index contributed by atoms with van der Waals surface area (Å²) in [5.41, 5.74) is 4.73. The van der Waals surface area contributed by atoms with Crippen molar-refractivity contribution in [2.24, 2.45) is 0 Å². The molecule has 0 saturated heterocycles. The number of rotatable bonds is 5. The molecule has 4 rings (SSSR count). The first kappa shape index (κ1) is 17.3. The summed E-state index contributed by atoms with van der Waals surface area (Å²) in [6.07, 6.45) is 7.34. The van der Waals surface area contributed by atoms with Crippen LogP contribution in [0.4, 0.5) is 0 Å². The van der Waals surface area contributed by atoms with E-state index < -0.39 is 0 Å². The van der Waals surface area contributed by atoms with Crippen molar-refractivity contribution >= 4 is 15.9 Å². The highest BCUT2D eigenvalue weighted by Gasteiger charge is 2.26. The molecule has 4 nitrogen and oxygen atoms in total. The Kier molecular flexibility index (Phi) is 4.83. The molecule has 2 atom stereocenters. The Bertz CT molecular complexity index is 927. The fourth-order valence-corrected chi connectivity index (χ4v) is 4.15. The summed E-state index contributed by atoms with van der Waals surface area (Å²) < 4.78 is 8.51. The summed E-state index contributed by atoms with van der Waals surface area (Å²) in [5.74, 6) is 1.36. The highest BCUT2D eigenvalue weighted by molar-refractivity contribution is 9.10. The predicted octanol–water partition coefficient (Wildman–Crippen LogP) is 5.05. The van der Waals surface area contributed by atoms with Crippen LogP contribution in [0.1, 0.15) is 35.1 Å². The average molecular weight is 412 g/mol. The van der Waals surface area contributed by atoms with Crippen molar-refractivity contribution in [2.75, 3.05) is 0 Å². The molecule has 0 saturated carbocycles. The summed E-state index contributed by atoms with van der Waals surface area (Å²) in [6, 6.07) is 12.5. The molecular weight excluding hydrogens is 390 g/mol. The van der Waals surface area contributed by atoms with Crippen LogP contribution < -0.4 is 5.32 Å². The minimum Gasteiger partial charge on any atom is -0.468 e. The van der Waals surface area contributed by atoms with Crippen molar-refractivity contribution in [1.82, 2.24) is 15.1 Å². The van der Waals surface area contributed by atoms with Gasteiger partial charge in [0.05, 0.1) is 24.2 Å². The van der Waals surface area contributed by atoms with Gasteiger partial charge in [-0.1, -0.05) is 34.1 Å². The van der Waals surface area contributed by atoms with E-state index in [2.05, 4.69) is 59.4 Å². The third-order valence-electron chi connectivity index (χ3n) is 4.97. The normalized spacial score (nSPS) is 19.3. The summed E-state index contributed by atoms with van der Waals surface area (Å²) in [5, 5.41) is 8.36. The average Bonchev–Trinajstić information content (AvgIpc) is 3.34. The Morgan fingerprint density at radius 3 is 2.88 bits per heavy atom. The third-order valence-corrected chi connectivity index (χ3v) is 5.47. The van der Waals surface area contributed by atoms with Crippen LogP contribution in [-0.2, 0) is 6.54 Å². The van der Waals surface area contributed by atoms with Crippen molar-refractivity contribution < 1.29 is 4.42 Å². The number of allylic oxidation sites excluding steroid dienone is 1. The van der Waals surface area contributed by atoms with Crippen LogP contribution >= 0.6 is 15.9 Å². The fraction of sp³-hybridized carbons (Fsp3) is 0.286. The molecule has 0 radical (unpaired) electrons. The van der Waals surface area contributed by atoms with E-state index in [-0.39, 0.29) is 0 Å². The van der Waals surface area contributed by atoms with E-state index >= 15 is 0 Å². The summed E-state index contributed by atoms with van der Waals surface area (Å²) in [7, 11) is 0. The molecule has 3 aromatic rings. The van der Waals surface area contributed by atoms with E-state index in [0.29, 0.717) is 12.0 Å². The lowest BCUT2D eigenvalue weighted by molar-refractivity contribution is 0.461. The van der Waals surface area contributed by atoms with Gasteiger partial charge in [0.2, 0.25) is 0 Å². The van der Waals surface area contributed by atoms with Crippen LogP contribution in [0.3, 0.4) is 0 Å². The molecule has 1 N–H and O–H groups in total. The molecule has 0 bridgehead atoms. The number of aryl methyl sites for hydroxylation is 1. The number of aromatic nitrogens is 2. The van der Waals surface area contributed by atoms with E-state index in [9.17, 15) is 0 Å². The number of nitrogens with zero attached hydrogens (tertiary/aromatic N) is 2. The molecule has 0 aliphatic heterocycles. The Hall–Kier alpha value is -2.11. The zero-order valence-electron chi connectivity index (χ0n) is 14.9. The minimum absolute atomic E-state index is 0.359. The molecule has 5 heteroatoms.